The molecular formula is C17H20N4O3. The van der Waals surface area contributed by atoms with Crippen molar-refractivity contribution in [3.8, 4) is 5.75 Å². The summed E-state index contributed by atoms with van der Waals surface area (Å²) in [6.45, 7) is 2.10. The summed E-state index contributed by atoms with van der Waals surface area (Å²) in [5, 5.41) is 0. The van der Waals surface area contributed by atoms with Gasteiger partial charge < -0.3 is 14.5 Å². The molecule has 1 aromatic heterocycles. The maximum atomic E-state index is 12.3. The fourth-order valence-corrected chi connectivity index (χ4v) is 3.18. The molecule has 2 heterocycles. The molecule has 7 heteroatoms. The Kier molecular flexibility index (Phi) is 3.55. The van der Waals surface area contributed by atoms with E-state index < -0.39 is 5.69 Å². The number of methoxy groups -OCH3 is 1. The molecule has 7 nitrogen and oxygen atoms in total. The Bertz CT molecular complexity index is 851. The molecule has 2 aliphatic rings. The molecule has 1 aromatic carbocycles. The number of nitrogens with zero attached hydrogens (tertiary/aromatic N) is 2. The molecule has 24 heavy (non-hydrogen) atoms. The number of hydrogen-bond donors (Lipinski definition) is 2. The van der Waals surface area contributed by atoms with E-state index in [1.807, 2.05) is 29.2 Å². The van der Waals surface area contributed by atoms with E-state index in [1.54, 1.807) is 7.11 Å². The van der Waals surface area contributed by atoms with Crippen molar-refractivity contribution >= 4 is 11.5 Å². The van der Waals surface area contributed by atoms with Gasteiger partial charge in [0.15, 0.2) is 0 Å². The number of benzene rings is 1. The summed E-state index contributed by atoms with van der Waals surface area (Å²) >= 11 is 0. The van der Waals surface area contributed by atoms with Crippen LogP contribution in [0.3, 0.4) is 0 Å². The number of rotatable bonds is 5. The second-order valence-corrected chi connectivity index (χ2v) is 6.46. The van der Waals surface area contributed by atoms with Crippen LogP contribution in [0, 0.1) is 5.92 Å². The third-order valence-electron chi connectivity index (χ3n) is 4.58. The average molecular weight is 328 g/mol. The van der Waals surface area contributed by atoms with Gasteiger partial charge in [0.05, 0.1) is 13.8 Å². The highest BCUT2D eigenvalue weighted by molar-refractivity contribution is 5.71. The fraction of sp³-hybridized carbons (Fsp3) is 0.412. The molecule has 0 radical (unpaired) electrons. The van der Waals surface area contributed by atoms with Gasteiger partial charge in [0.25, 0.3) is 5.56 Å². The minimum Gasteiger partial charge on any atom is -0.497 e. The molecule has 2 aromatic rings. The molecule has 1 saturated carbocycles. The van der Waals surface area contributed by atoms with E-state index in [1.165, 1.54) is 12.8 Å². The summed E-state index contributed by atoms with van der Waals surface area (Å²) in [4.78, 5) is 33.2. The third kappa shape index (κ3) is 2.77. The molecule has 0 spiro atoms. The molecule has 4 rings (SSSR count). The average Bonchev–Trinajstić information content (AvgIpc) is 3.31. The minimum atomic E-state index is -0.453. The topological polar surface area (TPSA) is 81.4 Å². The number of anilines is 2. The zero-order chi connectivity index (χ0) is 16.7. The van der Waals surface area contributed by atoms with E-state index in [4.69, 9.17) is 4.74 Å². The summed E-state index contributed by atoms with van der Waals surface area (Å²) in [6, 6.07) is 7.79. The van der Waals surface area contributed by atoms with Crippen LogP contribution in [-0.2, 0) is 6.54 Å². The quantitative estimate of drug-likeness (QED) is 0.864. The van der Waals surface area contributed by atoms with Crippen LogP contribution in [0.2, 0.25) is 0 Å². The third-order valence-corrected chi connectivity index (χ3v) is 4.58. The van der Waals surface area contributed by atoms with Crippen molar-refractivity contribution in [2.75, 3.05) is 30.1 Å². The van der Waals surface area contributed by atoms with Gasteiger partial charge in [0.2, 0.25) is 0 Å². The van der Waals surface area contributed by atoms with Crippen LogP contribution in [0.1, 0.15) is 18.4 Å². The van der Waals surface area contributed by atoms with Gasteiger partial charge in [-0.15, -0.1) is 0 Å². The van der Waals surface area contributed by atoms with Crippen molar-refractivity contribution < 1.29 is 4.74 Å². The second-order valence-electron chi connectivity index (χ2n) is 6.46. The van der Waals surface area contributed by atoms with Gasteiger partial charge in [0.1, 0.15) is 17.3 Å². The maximum absolute atomic E-state index is 12.3. The first-order valence-electron chi connectivity index (χ1n) is 8.13. The van der Waals surface area contributed by atoms with Crippen molar-refractivity contribution in [1.29, 1.82) is 0 Å². The normalized spacial score (nSPS) is 16.4. The molecule has 0 atom stereocenters. The Balaban J connectivity index is 1.64. The number of fused-ring (bicyclic) bond motifs is 1. The first-order chi connectivity index (χ1) is 11.6. The molecule has 126 valence electrons. The van der Waals surface area contributed by atoms with Crippen LogP contribution in [0.4, 0.5) is 11.5 Å². The van der Waals surface area contributed by atoms with Gasteiger partial charge >= 0.3 is 5.69 Å². The molecule has 0 unspecified atom stereocenters. The van der Waals surface area contributed by atoms with Crippen molar-refractivity contribution in [2.24, 2.45) is 5.92 Å². The van der Waals surface area contributed by atoms with Crippen molar-refractivity contribution in [3.63, 3.8) is 0 Å². The van der Waals surface area contributed by atoms with Crippen LogP contribution in [0.5, 0.6) is 5.75 Å². The van der Waals surface area contributed by atoms with E-state index in [-0.39, 0.29) is 5.56 Å². The van der Waals surface area contributed by atoms with Gasteiger partial charge in [-0.3, -0.25) is 14.8 Å². The highest BCUT2D eigenvalue weighted by Crippen LogP contribution is 2.36. The Morgan fingerprint density at radius 1 is 1.12 bits per heavy atom. The summed E-state index contributed by atoms with van der Waals surface area (Å²) in [5.74, 6) is 2.11. The fourth-order valence-electron chi connectivity index (χ4n) is 3.18. The predicted molar refractivity (Wildman–Crippen MR) is 91.8 cm³/mol. The SMILES string of the molecule is COc1ccc(CN2CN(CC3CC3)c3[nH]c(=O)[nH]c(=O)c32)cc1. The van der Waals surface area contributed by atoms with Crippen molar-refractivity contribution in [1.82, 2.24) is 9.97 Å². The lowest BCUT2D eigenvalue weighted by molar-refractivity contribution is 0.414. The first kappa shape index (κ1) is 14.9. The van der Waals surface area contributed by atoms with E-state index in [2.05, 4.69) is 14.9 Å². The highest BCUT2D eigenvalue weighted by atomic mass is 16.5. The van der Waals surface area contributed by atoms with Gasteiger partial charge in [-0.05, 0) is 36.5 Å². The summed E-state index contributed by atoms with van der Waals surface area (Å²) in [7, 11) is 1.64. The van der Waals surface area contributed by atoms with E-state index >= 15 is 0 Å². The van der Waals surface area contributed by atoms with E-state index in [0.717, 1.165) is 17.9 Å². The number of aromatic amines is 2. The molecular weight excluding hydrogens is 308 g/mol. The number of hydrogen-bond acceptors (Lipinski definition) is 5. The Morgan fingerprint density at radius 2 is 1.88 bits per heavy atom. The van der Waals surface area contributed by atoms with Crippen LogP contribution in [-0.4, -0.2) is 30.3 Å². The number of aromatic nitrogens is 2. The van der Waals surface area contributed by atoms with Gasteiger partial charge in [-0.1, -0.05) is 12.1 Å². The molecule has 0 bridgehead atoms. The maximum Gasteiger partial charge on any atom is 0.327 e. The second kappa shape index (κ2) is 5.74. The predicted octanol–water partition coefficient (Wildman–Crippen LogP) is 1.27. The first-order valence-corrected chi connectivity index (χ1v) is 8.13. The Hall–Kier alpha value is -2.70. The summed E-state index contributed by atoms with van der Waals surface area (Å²) in [5.41, 5.74) is 0.845. The van der Waals surface area contributed by atoms with Gasteiger partial charge in [0, 0.05) is 13.1 Å². The lowest BCUT2D eigenvalue weighted by Gasteiger charge is -2.21. The lowest BCUT2D eigenvalue weighted by atomic mass is 10.2. The summed E-state index contributed by atoms with van der Waals surface area (Å²) in [6.07, 6.45) is 2.44. The monoisotopic (exact) mass is 328 g/mol. The van der Waals surface area contributed by atoms with Gasteiger partial charge in [-0.25, -0.2) is 4.79 Å². The zero-order valence-corrected chi connectivity index (χ0v) is 13.5. The number of nitrogens with one attached hydrogen (secondary N) is 2. The summed E-state index contributed by atoms with van der Waals surface area (Å²) < 4.78 is 5.18. The van der Waals surface area contributed by atoms with Crippen LogP contribution in [0.25, 0.3) is 0 Å². The smallest absolute Gasteiger partial charge is 0.327 e. The van der Waals surface area contributed by atoms with E-state index in [0.29, 0.717) is 30.6 Å². The number of ether oxygens (including phenoxy) is 1. The van der Waals surface area contributed by atoms with Gasteiger partial charge in [-0.2, -0.15) is 0 Å². The van der Waals surface area contributed by atoms with E-state index in [9.17, 15) is 9.59 Å². The largest absolute Gasteiger partial charge is 0.497 e. The molecule has 0 amide bonds. The molecule has 1 aliphatic heterocycles. The Morgan fingerprint density at radius 3 is 2.54 bits per heavy atom. The highest BCUT2D eigenvalue weighted by Gasteiger charge is 2.33. The number of H-pyrrole nitrogens is 2. The lowest BCUT2D eigenvalue weighted by Crippen LogP contribution is -2.32. The van der Waals surface area contributed by atoms with Crippen LogP contribution in [0.15, 0.2) is 33.9 Å². The Labute approximate surface area is 138 Å². The minimum absolute atomic E-state index is 0.333. The molecule has 2 N–H and O–H groups in total. The molecule has 0 saturated heterocycles. The van der Waals surface area contributed by atoms with Crippen LogP contribution < -0.4 is 25.8 Å². The standard InChI is InChI=1S/C17H20N4O3/c1-24-13-6-4-12(5-7-13)8-20-10-21(9-11-2-3-11)15-14(20)16(22)19-17(23)18-15/h4-7,11H,2-3,8-10H2,1H3,(H2,18,19,22,23). The molecule has 1 aliphatic carbocycles. The molecule has 1 fully saturated rings. The van der Waals surface area contributed by atoms with Crippen LogP contribution >= 0.6 is 0 Å². The van der Waals surface area contributed by atoms with Crippen molar-refractivity contribution in [2.45, 2.75) is 19.4 Å². The van der Waals surface area contributed by atoms with Crippen molar-refractivity contribution in [3.05, 3.63) is 50.7 Å². The zero-order valence-electron chi connectivity index (χ0n) is 13.5.